The van der Waals surface area contributed by atoms with Crippen LogP contribution in [-0.2, 0) is 9.53 Å². The molecule has 1 N–H and O–H groups in total. The zero-order valence-corrected chi connectivity index (χ0v) is 12.7. The Morgan fingerprint density at radius 3 is 2.77 bits per heavy atom. The van der Waals surface area contributed by atoms with Gasteiger partial charge < -0.3 is 14.6 Å². The van der Waals surface area contributed by atoms with E-state index in [1.165, 1.54) is 0 Å². The average molecular weight is 297 g/mol. The normalized spacial score (nSPS) is 20.6. The van der Waals surface area contributed by atoms with Gasteiger partial charge in [0, 0.05) is 19.9 Å². The van der Waals surface area contributed by atoms with Gasteiger partial charge in [0.1, 0.15) is 0 Å². The number of hydrogen-bond donors (Lipinski definition) is 1. The number of methoxy groups -OCH3 is 1. The molecular weight excluding hydrogens is 278 g/mol. The molecule has 0 aliphatic carbocycles. The van der Waals surface area contributed by atoms with Crippen LogP contribution in [0.15, 0.2) is 48.4 Å². The van der Waals surface area contributed by atoms with Gasteiger partial charge in [0.2, 0.25) is 0 Å². The van der Waals surface area contributed by atoms with Crippen molar-refractivity contribution in [3.8, 4) is 0 Å². The molecule has 1 saturated heterocycles. The van der Waals surface area contributed by atoms with Crippen molar-refractivity contribution in [1.82, 2.24) is 14.9 Å². The predicted octanol–water partition coefficient (Wildman–Crippen LogP) is 1.99. The van der Waals surface area contributed by atoms with E-state index in [9.17, 15) is 4.79 Å². The monoisotopic (exact) mass is 297 g/mol. The number of rotatable bonds is 3. The van der Waals surface area contributed by atoms with Crippen LogP contribution in [0.2, 0.25) is 0 Å². The van der Waals surface area contributed by atoms with Gasteiger partial charge in [-0.15, -0.1) is 0 Å². The highest BCUT2D eigenvalue weighted by molar-refractivity contribution is 5.88. The van der Waals surface area contributed by atoms with Gasteiger partial charge in [0.05, 0.1) is 17.7 Å². The molecule has 114 valence electrons. The van der Waals surface area contributed by atoms with Crippen molar-refractivity contribution in [3.05, 3.63) is 59.7 Å². The van der Waals surface area contributed by atoms with Crippen molar-refractivity contribution < 1.29 is 9.53 Å². The van der Waals surface area contributed by atoms with Gasteiger partial charge in [0.25, 0.3) is 5.91 Å². The van der Waals surface area contributed by atoms with Crippen LogP contribution in [0.1, 0.15) is 17.7 Å². The van der Waals surface area contributed by atoms with Gasteiger partial charge in [-0.2, -0.15) is 0 Å². The highest BCUT2D eigenvalue weighted by atomic mass is 16.5. The number of piperidine rings is 1. The van der Waals surface area contributed by atoms with Crippen molar-refractivity contribution in [1.29, 1.82) is 0 Å². The first-order chi connectivity index (χ1) is 10.7. The summed E-state index contributed by atoms with van der Waals surface area (Å²) in [6.07, 6.45) is 3.94. The van der Waals surface area contributed by atoms with Crippen molar-refractivity contribution in [2.24, 2.45) is 0 Å². The van der Waals surface area contributed by atoms with E-state index in [0.29, 0.717) is 6.54 Å². The van der Waals surface area contributed by atoms with E-state index in [-0.39, 0.29) is 5.91 Å². The van der Waals surface area contributed by atoms with Gasteiger partial charge >= 0.3 is 0 Å². The minimum Gasteiger partial charge on any atom is -0.367 e. The summed E-state index contributed by atoms with van der Waals surface area (Å²) in [5, 5.41) is 2.85. The van der Waals surface area contributed by atoms with E-state index in [1.54, 1.807) is 13.4 Å². The van der Waals surface area contributed by atoms with Crippen LogP contribution >= 0.6 is 0 Å². The lowest BCUT2D eigenvalue weighted by molar-refractivity contribution is -0.130. The molecule has 1 fully saturated rings. The first-order valence-corrected chi connectivity index (χ1v) is 7.30. The molecule has 5 nitrogen and oxygen atoms in total. The highest BCUT2D eigenvalue weighted by Crippen LogP contribution is 2.28. The second-order valence-corrected chi connectivity index (χ2v) is 5.32. The maximum Gasteiger partial charge on any atom is 0.253 e. The van der Waals surface area contributed by atoms with Gasteiger partial charge in [-0.25, -0.2) is 4.98 Å². The van der Waals surface area contributed by atoms with Crippen LogP contribution in [0.5, 0.6) is 0 Å². The third-order valence-corrected chi connectivity index (χ3v) is 3.81. The first kappa shape index (κ1) is 14.5. The Morgan fingerprint density at radius 2 is 2.14 bits per heavy atom. The quantitative estimate of drug-likeness (QED) is 0.942. The van der Waals surface area contributed by atoms with E-state index in [0.717, 1.165) is 28.9 Å². The number of hydrogen-bond acceptors (Lipinski definition) is 3. The Balaban J connectivity index is 2.20. The molecule has 1 aliphatic rings. The molecule has 2 heterocycles. The summed E-state index contributed by atoms with van der Waals surface area (Å²) in [5.74, 6) is -0.0889. The molecule has 0 spiro atoms. The fourth-order valence-electron chi connectivity index (χ4n) is 2.83. The molecule has 1 amide bonds. The molecule has 2 aromatic rings. The topological polar surface area (TPSA) is 56.1 Å². The lowest BCUT2D eigenvalue weighted by Gasteiger charge is -2.27. The number of ether oxygens (including phenoxy) is 1. The molecule has 5 heteroatoms. The number of carbonyl (C=O) groups is 1. The highest BCUT2D eigenvalue weighted by Gasteiger charge is 2.30. The average Bonchev–Trinajstić information content (AvgIpc) is 2.95. The van der Waals surface area contributed by atoms with Crippen molar-refractivity contribution in [3.63, 3.8) is 0 Å². The summed E-state index contributed by atoms with van der Waals surface area (Å²) < 4.78 is 7.42. The Labute approximate surface area is 129 Å². The Morgan fingerprint density at radius 1 is 1.36 bits per heavy atom. The molecule has 3 rings (SSSR count). The Bertz CT molecular complexity index is 704. The molecule has 1 aromatic carbocycles. The van der Waals surface area contributed by atoms with Gasteiger partial charge in [-0.1, -0.05) is 30.3 Å². The second kappa shape index (κ2) is 6.15. The van der Waals surface area contributed by atoms with Crippen LogP contribution in [0, 0.1) is 6.92 Å². The van der Waals surface area contributed by atoms with Crippen LogP contribution in [-0.4, -0.2) is 35.2 Å². The van der Waals surface area contributed by atoms with E-state index in [2.05, 4.69) is 10.3 Å². The number of carbonyl (C=O) groups excluding carboxylic acids is 1. The van der Waals surface area contributed by atoms with Crippen molar-refractivity contribution in [2.75, 3.05) is 13.7 Å². The molecule has 0 bridgehead atoms. The lowest BCUT2D eigenvalue weighted by atomic mass is 9.95. The standard InChI is InChI=1S/C17H19N3O2/c1-12-10-20(11-19-12)15(13-6-4-3-5-7-13)14-8-9-18-17(21)16(14)22-2/h3-7,10-11,16H,8-9H2,1-2H3,(H,18,21). The molecule has 0 saturated carbocycles. The van der Waals surface area contributed by atoms with E-state index < -0.39 is 6.10 Å². The first-order valence-electron chi connectivity index (χ1n) is 7.30. The number of amides is 1. The third-order valence-electron chi connectivity index (χ3n) is 3.81. The molecule has 1 aromatic heterocycles. The number of imidazole rings is 1. The molecule has 1 atom stereocenters. The fourth-order valence-corrected chi connectivity index (χ4v) is 2.83. The summed E-state index contributed by atoms with van der Waals surface area (Å²) in [6.45, 7) is 2.57. The summed E-state index contributed by atoms with van der Waals surface area (Å²) in [7, 11) is 1.57. The minimum atomic E-state index is -0.563. The molecular formula is C17H19N3O2. The van der Waals surface area contributed by atoms with Crippen molar-refractivity contribution >= 4 is 11.6 Å². The van der Waals surface area contributed by atoms with Crippen LogP contribution in [0.3, 0.4) is 0 Å². The number of nitrogens with zero attached hydrogens (tertiary/aromatic N) is 2. The van der Waals surface area contributed by atoms with Gasteiger partial charge in [-0.05, 0) is 24.5 Å². The van der Waals surface area contributed by atoms with E-state index >= 15 is 0 Å². The van der Waals surface area contributed by atoms with E-state index in [4.69, 9.17) is 4.74 Å². The Kier molecular flexibility index (Phi) is 4.06. The lowest BCUT2D eigenvalue weighted by Crippen LogP contribution is -2.43. The van der Waals surface area contributed by atoms with E-state index in [1.807, 2.05) is 48.0 Å². The SMILES string of the molecule is COC1C(=O)NCCC1=C(c1ccccc1)n1cnc(C)c1. The Hall–Kier alpha value is -2.40. The molecule has 22 heavy (non-hydrogen) atoms. The molecule has 0 radical (unpaired) electrons. The zero-order valence-electron chi connectivity index (χ0n) is 12.7. The van der Waals surface area contributed by atoms with Gasteiger partial charge in [-0.3, -0.25) is 4.79 Å². The van der Waals surface area contributed by atoms with Crippen LogP contribution in [0.25, 0.3) is 5.70 Å². The largest absolute Gasteiger partial charge is 0.367 e. The molecule has 1 unspecified atom stereocenters. The second-order valence-electron chi connectivity index (χ2n) is 5.32. The van der Waals surface area contributed by atoms with Gasteiger partial charge in [0.15, 0.2) is 6.10 Å². The maximum atomic E-state index is 12.1. The smallest absolute Gasteiger partial charge is 0.253 e. The summed E-state index contributed by atoms with van der Waals surface area (Å²) in [5.41, 5.74) is 3.94. The van der Waals surface area contributed by atoms with Crippen LogP contribution in [0.4, 0.5) is 0 Å². The summed E-state index contributed by atoms with van der Waals surface area (Å²) >= 11 is 0. The predicted molar refractivity (Wildman–Crippen MR) is 84.1 cm³/mol. The minimum absolute atomic E-state index is 0.0889. The number of aryl methyl sites for hydroxylation is 1. The number of nitrogens with one attached hydrogen (secondary N) is 1. The summed E-state index contributed by atoms with van der Waals surface area (Å²) in [4.78, 5) is 16.4. The molecule has 1 aliphatic heterocycles. The van der Waals surface area contributed by atoms with Crippen molar-refractivity contribution in [2.45, 2.75) is 19.4 Å². The number of aromatic nitrogens is 2. The zero-order chi connectivity index (χ0) is 15.5. The maximum absolute atomic E-state index is 12.1. The summed E-state index contributed by atoms with van der Waals surface area (Å²) in [6, 6.07) is 10.0. The number of benzene rings is 1. The third kappa shape index (κ3) is 2.67. The fraction of sp³-hybridized carbons (Fsp3) is 0.294. The van der Waals surface area contributed by atoms with Crippen LogP contribution < -0.4 is 5.32 Å².